The van der Waals surface area contributed by atoms with Crippen molar-refractivity contribution in [1.29, 1.82) is 0 Å². The van der Waals surface area contributed by atoms with Gasteiger partial charge < -0.3 is 0 Å². The molecule has 1 aromatic carbocycles. The van der Waals surface area contributed by atoms with E-state index in [9.17, 15) is 0 Å². The summed E-state index contributed by atoms with van der Waals surface area (Å²) in [7, 11) is 0. The predicted molar refractivity (Wildman–Crippen MR) is 118 cm³/mol. The second kappa shape index (κ2) is 21.7. The Labute approximate surface area is 156 Å². The fourth-order valence-corrected chi connectivity index (χ4v) is 1.79. The van der Waals surface area contributed by atoms with Gasteiger partial charge in [0.2, 0.25) is 0 Å². The summed E-state index contributed by atoms with van der Waals surface area (Å²) in [6, 6.07) is 12.0. The molecule has 0 heteroatoms. The Balaban J connectivity index is 0. The summed E-state index contributed by atoms with van der Waals surface area (Å²) in [4.78, 5) is 0. The Hall–Kier alpha value is -2.34. The van der Waals surface area contributed by atoms with Crippen LogP contribution in [-0.4, -0.2) is 0 Å². The highest BCUT2D eigenvalue weighted by Crippen LogP contribution is 2.14. The van der Waals surface area contributed by atoms with Gasteiger partial charge >= 0.3 is 0 Å². The van der Waals surface area contributed by atoms with Crippen LogP contribution in [0.25, 0.3) is 0 Å². The maximum atomic E-state index is 3.70. The molecule has 0 aromatic heterocycles. The zero-order valence-electron chi connectivity index (χ0n) is 16.8. The molecular weight excluding hydrogens is 300 g/mol. The van der Waals surface area contributed by atoms with Crippen molar-refractivity contribution in [2.75, 3.05) is 0 Å². The van der Waals surface area contributed by atoms with E-state index in [1.165, 1.54) is 11.1 Å². The first-order valence-electron chi connectivity index (χ1n) is 9.29. The summed E-state index contributed by atoms with van der Waals surface area (Å²) in [5.74, 6) is 0. The Bertz CT molecular complexity index is 510. The van der Waals surface area contributed by atoms with Crippen molar-refractivity contribution in [2.45, 2.75) is 47.5 Å². The minimum absolute atomic E-state index is 1.03. The van der Waals surface area contributed by atoms with Gasteiger partial charge in [0.25, 0.3) is 0 Å². The van der Waals surface area contributed by atoms with Crippen LogP contribution in [0.4, 0.5) is 0 Å². The molecule has 0 atom stereocenters. The molecule has 0 saturated heterocycles. The summed E-state index contributed by atoms with van der Waals surface area (Å²) >= 11 is 0. The van der Waals surface area contributed by atoms with E-state index in [0.717, 1.165) is 12.8 Å². The second-order valence-corrected chi connectivity index (χ2v) is 4.76. The molecule has 0 N–H and O–H groups in total. The largest absolute Gasteiger partial charge is 0.0991 e. The van der Waals surface area contributed by atoms with Gasteiger partial charge in [-0.2, -0.15) is 0 Å². The van der Waals surface area contributed by atoms with Crippen molar-refractivity contribution < 1.29 is 0 Å². The highest BCUT2D eigenvalue weighted by molar-refractivity contribution is 5.47. The lowest BCUT2D eigenvalue weighted by atomic mass is 10.0. The molecule has 0 amide bonds. The first kappa shape index (κ1) is 24.9. The van der Waals surface area contributed by atoms with Crippen LogP contribution < -0.4 is 0 Å². The van der Waals surface area contributed by atoms with Gasteiger partial charge in [-0.15, -0.1) is 0 Å². The Kier molecular flexibility index (Phi) is 21.6. The minimum atomic E-state index is 1.03. The smallest absolute Gasteiger partial charge is 0.0227 e. The molecule has 136 valence electrons. The van der Waals surface area contributed by atoms with Crippen LogP contribution in [0.5, 0.6) is 0 Å². The topological polar surface area (TPSA) is 0 Å². The molecule has 0 spiro atoms. The van der Waals surface area contributed by atoms with Gasteiger partial charge in [0.15, 0.2) is 0 Å². The Morgan fingerprint density at radius 2 is 1.28 bits per heavy atom. The average Bonchev–Trinajstić information content (AvgIpc) is 2.69. The average molecular weight is 337 g/mol. The zero-order chi connectivity index (χ0) is 19.2. The second-order valence-electron chi connectivity index (χ2n) is 4.76. The van der Waals surface area contributed by atoms with E-state index in [4.69, 9.17) is 0 Å². The maximum absolute atomic E-state index is 3.70. The van der Waals surface area contributed by atoms with E-state index in [2.05, 4.69) is 69.9 Å². The van der Waals surface area contributed by atoms with E-state index in [-0.39, 0.29) is 0 Å². The number of hydrogen-bond donors (Lipinski definition) is 0. The molecule has 0 unspecified atom stereocenters. The highest BCUT2D eigenvalue weighted by Gasteiger charge is 1.95. The van der Waals surface area contributed by atoms with Crippen LogP contribution in [0.2, 0.25) is 0 Å². The molecular formula is C25H36. The summed E-state index contributed by atoms with van der Waals surface area (Å²) in [5, 5.41) is 0. The van der Waals surface area contributed by atoms with E-state index in [1.54, 1.807) is 6.08 Å². The van der Waals surface area contributed by atoms with E-state index in [1.807, 2.05) is 56.3 Å². The van der Waals surface area contributed by atoms with Crippen molar-refractivity contribution in [3.05, 3.63) is 109 Å². The molecule has 0 aliphatic rings. The predicted octanol–water partition coefficient (Wildman–Crippen LogP) is 8.25. The van der Waals surface area contributed by atoms with Crippen LogP contribution in [0.15, 0.2) is 109 Å². The lowest BCUT2D eigenvalue weighted by Gasteiger charge is -2.02. The summed E-state index contributed by atoms with van der Waals surface area (Å²) in [6.07, 6.45) is 20.8. The highest BCUT2D eigenvalue weighted by atomic mass is 14.0. The first-order valence-corrected chi connectivity index (χ1v) is 9.29. The van der Waals surface area contributed by atoms with Crippen molar-refractivity contribution in [3.8, 4) is 0 Å². The van der Waals surface area contributed by atoms with Crippen molar-refractivity contribution >= 4 is 0 Å². The third kappa shape index (κ3) is 16.3. The van der Waals surface area contributed by atoms with Gasteiger partial charge in [-0.3, -0.25) is 0 Å². The molecule has 25 heavy (non-hydrogen) atoms. The van der Waals surface area contributed by atoms with Crippen molar-refractivity contribution in [2.24, 2.45) is 0 Å². The molecule has 0 saturated carbocycles. The van der Waals surface area contributed by atoms with Crippen LogP contribution in [0.1, 0.15) is 47.5 Å². The number of allylic oxidation sites excluding steroid dienone is 11. The van der Waals surface area contributed by atoms with Gasteiger partial charge in [-0.05, 0) is 30.9 Å². The number of benzene rings is 1. The van der Waals surface area contributed by atoms with E-state index >= 15 is 0 Å². The number of hydrogen-bond acceptors (Lipinski definition) is 0. The van der Waals surface area contributed by atoms with Crippen LogP contribution >= 0.6 is 0 Å². The fourth-order valence-electron chi connectivity index (χ4n) is 1.79. The van der Waals surface area contributed by atoms with Gasteiger partial charge in [-0.1, -0.05) is 125 Å². The van der Waals surface area contributed by atoms with E-state index in [0.29, 0.717) is 0 Å². The normalized spacial score (nSPS) is 11.9. The lowest BCUT2D eigenvalue weighted by Crippen LogP contribution is -1.82. The minimum Gasteiger partial charge on any atom is -0.0991 e. The standard InChI is InChI=1S/C17H24.C6H6.C2H6/c1-5-9-11-12-15-16(8-4)17(13-7-3)14-10-6-2;1-2-4-6-5-3-1;1-2/h6,8-15H,2,5,7H2,1,3-4H3;1-6H;1-2H3/b11-9-,14-10-,15-12-,16-8+,17-13+;;. The van der Waals surface area contributed by atoms with E-state index < -0.39 is 0 Å². The van der Waals surface area contributed by atoms with Crippen LogP contribution in [0.3, 0.4) is 0 Å². The molecule has 0 bridgehead atoms. The summed E-state index contributed by atoms with van der Waals surface area (Å²) < 4.78 is 0. The lowest BCUT2D eigenvalue weighted by molar-refractivity contribution is 1.20. The third-order valence-electron chi connectivity index (χ3n) is 2.91. The fraction of sp³-hybridized carbons (Fsp3) is 0.280. The van der Waals surface area contributed by atoms with Crippen LogP contribution in [-0.2, 0) is 0 Å². The van der Waals surface area contributed by atoms with Gasteiger partial charge in [0, 0.05) is 0 Å². The van der Waals surface area contributed by atoms with Gasteiger partial charge in [0.1, 0.15) is 0 Å². The molecule has 0 nitrogen and oxygen atoms in total. The quantitative estimate of drug-likeness (QED) is 0.440. The van der Waals surface area contributed by atoms with Crippen LogP contribution in [0, 0.1) is 0 Å². The summed E-state index contributed by atoms with van der Waals surface area (Å²) in [6.45, 7) is 14.0. The maximum Gasteiger partial charge on any atom is -0.0227 e. The molecule has 0 aliphatic heterocycles. The Morgan fingerprint density at radius 1 is 0.760 bits per heavy atom. The SMILES string of the molecule is C=C\C=C/C(=C\CC)C(/C=C\C=C/CC)=C/C.CC.c1ccccc1. The molecule has 0 heterocycles. The first-order chi connectivity index (χ1) is 12.3. The Morgan fingerprint density at radius 3 is 1.68 bits per heavy atom. The molecule has 0 radical (unpaired) electrons. The molecule has 1 rings (SSSR count). The van der Waals surface area contributed by atoms with Gasteiger partial charge in [-0.25, -0.2) is 0 Å². The van der Waals surface area contributed by atoms with Crippen molar-refractivity contribution in [3.63, 3.8) is 0 Å². The number of rotatable bonds is 7. The molecule has 0 aliphatic carbocycles. The summed E-state index contributed by atoms with van der Waals surface area (Å²) in [5.41, 5.74) is 2.49. The van der Waals surface area contributed by atoms with Gasteiger partial charge in [0.05, 0.1) is 0 Å². The monoisotopic (exact) mass is 336 g/mol. The zero-order valence-corrected chi connectivity index (χ0v) is 16.8. The molecule has 0 fully saturated rings. The van der Waals surface area contributed by atoms with Crippen molar-refractivity contribution in [1.82, 2.24) is 0 Å². The molecule has 1 aromatic rings. The third-order valence-corrected chi connectivity index (χ3v) is 2.91.